The summed E-state index contributed by atoms with van der Waals surface area (Å²) in [5, 5.41) is 3.49. The van der Waals surface area contributed by atoms with Gasteiger partial charge in [0, 0.05) is 6.04 Å². The van der Waals surface area contributed by atoms with Crippen molar-refractivity contribution in [3.63, 3.8) is 0 Å². The largest absolute Gasteiger partial charge is 0.423 e. The summed E-state index contributed by atoms with van der Waals surface area (Å²) in [6.45, 7) is 0. The van der Waals surface area contributed by atoms with Gasteiger partial charge in [0.05, 0.1) is 5.69 Å². The molecule has 18 heavy (non-hydrogen) atoms. The van der Waals surface area contributed by atoms with Crippen molar-refractivity contribution < 1.29 is 4.42 Å². The second-order valence-corrected chi connectivity index (χ2v) is 5.56. The predicted octanol–water partition coefficient (Wildman–Crippen LogP) is 3.01. The van der Waals surface area contributed by atoms with Gasteiger partial charge in [0.25, 0.3) is 6.01 Å². The van der Waals surface area contributed by atoms with Crippen molar-refractivity contribution in [2.24, 2.45) is 11.8 Å². The van der Waals surface area contributed by atoms with Gasteiger partial charge in [0.1, 0.15) is 5.52 Å². The van der Waals surface area contributed by atoms with Crippen LogP contribution >= 0.6 is 0 Å². The van der Waals surface area contributed by atoms with Gasteiger partial charge in [0.15, 0.2) is 5.58 Å². The van der Waals surface area contributed by atoms with Crippen molar-refractivity contribution in [1.82, 2.24) is 4.98 Å². The van der Waals surface area contributed by atoms with Crippen LogP contribution in [-0.2, 0) is 0 Å². The lowest BCUT2D eigenvalue weighted by Crippen LogP contribution is -2.24. The zero-order valence-electron chi connectivity index (χ0n) is 10.2. The molecule has 0 spiro atoms. The Kier molecular flexibility index (Phi) is 2.07. The molecule has 0 amide bonds. The molecule has 0 unspecified atom stereocenters. The van der Waals surface area contributed by atoms with E-state index in [2.05, 4.69) is 10.3 Å². The van der Waals surface area contributed by atoms with Gasteiger partial charge >= 0.3 is 0 Å². The molecule has 4 heteroatoms. The number of benzene rings is 1. The lowest BCUT2D eigenvalue weighted by Gasteiger charge is -2.15. The molecule has 3 N–H and O–H groups in total. The minimum atomic E-state index is 0.555. The molecule has 1 heterocycles. The van der Waals surface area contributed by atoms with E-state index in [0.717, 1.165) is 22.9 Å². The smallest absolute Gasteiger partial charge is 0.295 e. The van der Waals surface area contributed by atoms with Gasteiger partial charge in [-0.3, -0.25) is 0 Å². The van der Waals surface area contributed by atoms with Crippen LogP contribution in [0.5, 0.6) is 0 Å². The number of nitrogen functional groups attached to an aromatic ring is 1. The third-order valence-electron chi connectivity index (χ3n) is 4.00. The maximum atomic E-state index is 5.89. The molecule has 2 aliphatic rings. The highest BCUT2D eigenvalue weighted by Crippen LogP contribution is 2.46. The van der Waals surface area contributed by atoms with Crippen molar-refractivity contribution >= 4 is 22.8 Å². The Bertz CT molecular complexity index is 572. The number of para-hydroxylation sites is 1. The van der Waals surface area contributed by atoms with Crippen molar-refractivity contribution in [2.75, 3.05) is 11.1 Å². The lowest BCUT2D eigenvalue weighted by molar-refractivity contribution is 0.528. The minimum absolute atomic E-state index is 0.555. The number of rotatable bonds is 4. The first-order valence-corrected chi connectivity index (χ1v) is 6.73. The molecular weight excluding hydrogens is 226 g/mol. The number of nitrogens with zero attached hydrogens (tertiary/aromatic N) is 1. The number of nitrogens with one attached hydrogen (secondary N) is 1. The Morgan fingerprint density at radius 3 is 2.56 bits per heavy atom. The molecule has 2 saturated carbocycles. The minimum Gasteiger partial charge on any atom is -0.423 e. The Balaban J connectivity index is 1.63. The first-order valence-electron chi connectivity index (χ1n) is 6.73. The zero-order valence-corrected chi connectivity index (χ0v) is 10.2. The number of hydrogen-bond acceptors (Lipinski definition) is 4. The summed E-state index contributed by atoms with van der Waals surface area (Å²) in [7, 11) is 0. The highest BCUT2D eigenvalue weighted by molar-refractivity contribution is 5.86. The molecule has 0 radical (unpaired) electrons. The normalized spacial score (nSPS) is 19.6. The van der Waals surface area contributed by atoms with Crippen LogP contribution in [0.4, 0.5) is 11.7 Å². The standard InChI is InChI=1S/C14H17N3O/c15-10-2-1-3-11-13(10)17-14(18-11)16-12(8-4-5-8)9-6-7-9/h1-3,8-9,12H,4-7,15H2,(H,16,17). The summed E-state index contributed by atoms with van der Waals surface area (Å²) in [6.07, 6.45) is 5.38. The quantitative estimate of drug-likeness (QED) is 0.810. The Labute approximate surface area is 106 Å². The van der Waals surface area contributed by atoms with Gasteiger partial charge in [-0.2, -0.15) is 4.98 Å². The van der Waals surface area contributed by atoms with Crippen molar-refractivity contribution in [2.45, 2.75) is 31.7 Å². The second-order valence-electron chi connectivity index (χ2n) is 5.56. The highest BCUT2D eigenvalue weighted by atomic mass is 16.4. The lowest BCUT2D eigenvalue weighted by atomic mass is 10.1. The van der Waals surface area contributed by atoms with E-state index in [-0.39, 0.29) is 0 Å². The SMILES string of the molecule is Nc1cccc2oc(NC(C3CC3)C3CC3)nc12. The fourth-order valence-electron chi connectivity index (χ4n) is 2.71. The Morgan fingerprint density at radius 1 is 1.22 bits per heavy atom. The molecule has 1 aromatic heterocycles. The van der Waals surface area contributed by atoms with Gasteiger partial charge in [-0.15, -0.1) is 0 Å². The van der Waals surface area contributed by atoms with Gasteiger partial charge in [-0.1, -0.05) is 6.07 Å². The third kappa shape index (κ3) is 1.72. The van der Waals surface area contributed by atoms with E-state index in [4.69, 9.17) is 10.2 Å². The van der Waals surface area contributed by atoms with Gasteiger partial charge in [-0.25, -0.2) is 0 Å². The molecule has 0 atom stereocenters. The average molecular weight is 243 g/mol. The van der Waals surface area contributed by atoms with Crippen LogP contribution in [0.3, 0.4) is 0 Å². The first-order chi connectivity index (χ1) is 8.81. The molecule has 2 aliphatic carbocycles. The number of aromatic nitrogens is 1. The molecule has 0 bridgehead atoms. The number of hydrogen-bond donors (Lipinski definition) is 2. The van der Waals surface area contributed by atoms with Crippen LogP contribution in [0, 0.1) is 11.8 Å². The first kappa shape index (κ1) is 10.2. The maximum Gasteiger partial charge on any atom is 0.295 e. The third-order valence-corrected chi connectivity index (χ3v) is 4.00. The van der Waals surface area contributed by atoms with Crippen LogP contribution in [0.1, 0.15) is 25.7 Å². The van der Waals surface area contributed by atoms with Crippen LogP contribution in [-0.4, -0.2) is 11.0 Å². The molecule has 2 aromatic rings. The van der Waals surface area contributed by atoms with E-state index in [0.29, 0.717) is 17.7 Å². The van der Waals surface area contributed by atoms with Crippen LogP contribution in [0.15, 0.2) is 22.6 Å². The Morgan fingerprint density at radius 2 is 1.94 bits per heavy atom. The molecule has 4 nitrogen and oxygen atoms in total. The van der Waals surface area contributed by atoms with Crippen LogP contribution in [0.25, 0.3) is 11.1 Å². The summed E-state index contributed by atoms with van der Waals surface area (Å²) in [5.41, 5.74) is 8.11. The molecule has 94 valence electrons. The highest BCUT2D eigenvalue weighted by Gasteiger charge is 2.42. The van der Waals surface area contributed by atoms with E-state index in [1.165, 1.54) is 25.7 Å². The molecule has 1 aromatic carbocycles. The van der Waals surface area contributed by atoms with E-state index in [1.807, 2.05) is 18.2 Å². The van der Waals surface area contributed by atoms with E-state index in [1.54, 1.807) is 0 Å². The van der Waals surface area contributed by atoms with Crippen molar-refractivity contribution in [1.29, 1.82) is 0 Å². The predicted molar refractivity (Wildman–Crippen MR) is 71.3 cm³/mol. The monoisotopic (exact) mass is 243 g/mol. The molecule has 4 rings (SSSR count). The van der Waals surface area contributed by atoms with E-state index >= 15 is 0 Å². The molecule has 2 fully saturated rings. The van der Waals surface area contributed by atoms with Crippen molar-refractivity contribution in [3.8, 4) is 0 Å². The second kappa shape index (κ2) is 3.64. The number of nitrogens with two attached hydrogens (primary N) is 1. The van der Waals surface area contributed by atoms with E-state index in [9.17, 15) is 0 Å². The zero-order chi connectivity index (χ0) is 12.1. The number of fused-ring (bicyclic) bond motifs is 1. The fourth-order valence-corrected chi connectivity index (χ4v) is 2.71. The van der Waals surface area contributed by atoms with Crippen LogP contribution < -0.4 is 11.1 Å². The van der Waals surface area contributed by atoms with Crippen molar-refractivity contribution in [3.05, 3.63) is 18.2 Å². The molecule has 0 aliphatic heterocycles. The summed E-state index contributed by atoms with van der Waals surface area (Å²) >= 11 is 0. The fraction of sp³-hybridized carbons (Fsp3) is 0.500. The van der Waals surface area contributed by atoms with E-state index < -0.39 is 0 Å². The summed E-state index contributed by atoms with van der Waals surface area (Å²) in [5.74, 6) is 1.65. The topological polar surface area (TPSA) is 64.1 Å². The summed E-state index contributed by atoms with van der Waals surface area (Å²) < 4.78 is 5.73. The molecular formula is C14H17N3O. The van der Waals surface area contributed by atoms with Gasteiger partial charge < -0.3 is 15.5 Å². The van der Waals surface area contributed by atoms with Gasteiger partial charge in [0.2, 0.25) is 0 Å². The molecule has 0 saturated heterocycles. The average Bonchev–Trinajstić information content (AvgIpc) is 3.25. The number of oxazole rings is 1. The van der Waals surface area contributed by atoms with Crippen LogP contribution in [0.2, 0.25) is 0 Å². The summed E-state index contributed by atoms with van der Waals surface area (Å²) in [4.78, 5) is 4.47. The number of anilines is 2. The Hall–Kier alpha value is -1.71. The van der Waals surface area contributed by atoms with Gasteiger partial charge in [-0.05, 0) is 49.7 Å². The summed E-state index contributed by atoms with van der Waals surface area (Å²) in [6, 6.07) is 6.85. The maximum absolute atomic E-state index is 5.89.